The molecule has 1 heterocycles. The van der Waals surface area contributed by atoms with E-state index in [0.29, 0.717) is 38.2 Å². The lowest BCUT2D eigenvalue weighted by Crippen LogP contribution is -2.55. The van der Waals surface area contributed by atoms with Gasteiger partial charge in [0.2, 0.25) is 21.8 Å². The molecule has 3 rings (SSSR count). The number of carbonyl (C=O) groups is 2. The predicted octanol–water partition coefficient (Wildman–Crippen LogP) is 1.02. The first-order chi connectivity index (χ1) is 14.3. The Morgan fingerprint density at radius 1 is 1.20 bits per heavy atom. The second kappa shape index (κ2) is 9.78. The highest BCUT2D eigenvalue weighted by Crippen LogP contribution is 2.30. The maximum Gasteiger partial charge on any atom is 0.227 e. The molecule has 30 heavy (non-hydrogen) atoms. The number of amides is 2. The third-order valence-corrected chi connectivity index (χ3v) is 7.28. The molecular weight excluding hydrogens is 406 g/mol. The van der Waals surface area contributed by atoms with Gasteiger partial charge in [-0.3, -0.25) is 9.59 Å². The third kappa shape index (κ3) is 5.51. The van der Waals surface area contributed by atoms with Gasteiger partial charge in [-0.1, -0.05) is 25.0 Å². The van der Waals surface area contributed by atoms with Crippen LogP contribution in [0.5, 0.6) is 5.75 Å². The van der Waals surface area contributed by atoms with Crippen LogP contribution in [0, 0.1) is 5.92 Å². The molecule has 8 nitrogen and oxygen atoms in total. The molecule has 0 aromatic heterocycles. The first-order valence-electron chi connectivity index (χ1n) is 10.4. The maximum absolute atomic E-state index is 13.0. The van der Waals surface area contributed by atoms with Crippen LogP contribution in [0.2, 0.25) is 0 Å². The van der Waals surface area contributed by atoms with Crippen LogP contribution in [0.1, 0.15) is 31.2 Å². The van der Waals surface area contributed by atoms with E-state index in [1.165, 1.54) is 10.6 Å². The van der Waals surface area contributed by atoms with E-state index in [0.717, 1.165) is 18.4 Å². The first kappa shape index (κ1) is 22.6. The Morgan fingerprint density at radius 2 is 1.97 bits per heavy atom. The van der Waals surface area contributed by atoms with Crippen molar-refractivity contribution in [3.8, 4) is 5.75 Å². The minimum atomic E-state index is -3.51. The summed E-state index contributed by atoms with van der Waals surface area (Å²) >= 11 is 0. The zero-order valence-electron chi connectivity index (χ0n) is 17.7. The van der Waals surface area contributed by atoms with Crippen molar-refractivity contribution in [2.24, 2.45) is 5.92 Å². The average molecular weight is 438 g/mol. The molecule has 2 amide bonds. The number of rotatable bonds is 4. The molecule has 1 aromatic carbocycles. The van der Waals surface area contributed by atoms with Gasteiger partial charge in [0.15, 0.2) is 0 Å². The van der Waals surface area contributed by atoms with Crippen molar-refractivity contribution in [3.63, 3.8) is 0 Å². The highest BCUT2D eigenvalue weighted by atomic mass is 32.2. The fourth-order valence-corrected chi connectivity index (χ4v) is 5.59. The van der Waals surface area contributed by atoms with E-state index < -0.39 is 10.0 Å². The van der Waals surface area contributed by atoms with Crippen LogP contribution >= 0.6 is 0 Å². The molecule has 1 aromatic rings. The van der Waals surface area contributed by atoms with Gasteiger partial charge >= 0.3 is 0 Å². The molecule has 2 aliphatic rings. The van der Waals surface area contributed by atoms with Gasteiger partial charge in [0.1, 0.15) is 5.75 Å². The zero-order valence-corrected chi connectivity index (χ0v) is 18.5. The molecule has 2 unspecified atom stereocenters. The number of nitrogens with one attached hydrogen (secondary N) is 1. The fraction of sp³-hybridized carbons (Fsp3) is 0.619. The smallest absolute Gasteiger partial charge is 0.227 e. The minimum Gasteiger partial charge on any atom is -0.497 e. The van der Waals surface area contributed by atoms with Crippen LogP contribution in [0.4, 0.5) is 0 Å². The van der Waals surface area contributed by atoms with E-state index in [2.05, 4.69) is 5.32 Å². The summed E-state index contributed by atoms with van der Waals surface area (Å²) in [6, 6.07) is 6.98. The van der Waals surface area contributed by atoms with Crippen molar-refractivity contribution in [1.29, 1.82) is 0 Å². The second-order valence-corrected chi connectivity index (χ2v) is 9.97. The minimum absolute atomic E-state index is 0.105. The number of nitrogens with zero attached hydrogens (tertiary/aromatic N) is 2. The number of sulfonamides is 1. The normalized spacial score (nSPS) is 23.9. The van der Waals surface area contributed by atoms with E-state index in [4.69, 9.17) is 4.74 Å². The van der Waals surface area contributed by atoms with Gasteiger partial charge in [-0.2, -0.15) is 4.31 Å². The highest BCUT2D eigenvalue weighted by Gasteiger charge is 2.39. The molecule has 0 spiro atoms. The molecule has 1 aliphatic heterocycles. The molecule has 1 N–H and O–H groups in total. The molecular formula is C21H31N3O5S. The largest absolute Gasteiger partial charge is 0.497 e. The van der Waals surface area contributed by atoms with Gasteiger partial charge in [0, 0.05) is 32.2 Å². The number of carbonyl (C=O) groups excluding carboxylic acids is 2. The van der Waals surface area contributed by atoms with E-state index in [9.17, 15) is 18.0 Å². The van der Waals surface area contributed by atoms with E-state index in [1.54, 1.807) is 12.0 Å². The summed E-state index contributed by atoms with van der Waals surface area (Å²) in [4.78, 5) is 27.3. The number of benzene rings is 1. The average Bonchev–Trinajstić information content (AvgIpc) is 2.71. The van der Waals surface area contributed by atoms with Crippen LogP contribution in [0.3, 0.4) is 0 Å². The van der Waals surface area contributed by atoms with Gasteiger partial charge in [-0.05, 0) is 30.5 Å². The van der Waals surface area contributed by atoms with Crippen molar-refractivity contribution in [1.82, 2.24) is 14.5 Å². The Kier molecular flexibility index (Phi) is 7.36. The Hall–Kier alpha value is -2.13. The second-order valence-electron chi connectivity index (χ2n) is 8.03. The van der Waals surface area contributed by atoms with Crippen LogP contribution in [-0.4, -0.2) is 75.0 Å². The van der Waals surface area contributed by atoms with Crippen molar-refractivity contribution in [2.75, 3.05) is 39.5 Å². The van der Waals surface area contributed by atoms with Gasteiger partial charge in [-0.15, -0.1) is 0 Å². The Labute approximate surface area is 178 Å². The zero-order chi connectivity index (χ0) is 21.7. The molecule has 9 heteroatoms. The SMILES string of the molecule is COc1cccc(CC(=O)N2CCNC(=O)C3CCCCC3N(S(C)(=O)=O)CC2)c1. The van der Waals surface area contributed by atoms with Gasteiger partial charge in [-0.25, -0.2) is 8.42 Å². The molecule has 1 saturated heterocycles. The molecule has 1 saturated carbocycles. The number of hydrogen-bond acceptors (Lipinski definition) is 5. The van der Waals surface area contributed by atoms with Crippen molar-refractivity contribution >= 4 is 21.8 Å². The molecule has 2 atom stereocenters. The summed E-state index contributed by atoms with van der Waals surface area (Å²) < 4.78 is 31.7. The molecule has 0 bridgehead atoms. The molecule has 0 radical (unpaired) electrons. The summed E-state index contributed by atoms with van der Waals surface area (Å²) in [5.41, 5.74) is 0.827. The molecule has 2 fully saturated rings. The summed E-state index contributed by atoms with van der Waals surface area (Å²) in [6.07, 6.45) is 4.57. The van der Waals surface area contributed by atoms with E-state index in [1.807, 2.05) is 24.3 Å². The van der Waals surface area contributed by atoms with E-state index >= 15 is 0 Å². The summed E-state index contributed by atoms with van der Waals surface area (Å²) in [6.45, 7) is 1.22. The Morgan fingerprint density at radius 3 is 2.70 bits per heavy atom. The van der Waals surface area contributed by atoms with Gasteiger partial charge in [0.05, 0.1) is 25.7 Å². The van der Waals surface area contributed by atoms with Crippen LogP contribution in [0.15, 0.2) is 24.3 Å². The quantitative estimate of drug-likeness (QED) is 0.759. The van der Waals surface area contributed by atoms with Crippen molar-refractivity contribution < 1.29 is 22.7 Å². The molecule has 1 aliphatic carbocycles. The van der Waals surface area contributed by atoms with Crippen LogP contribution < -0.4 is 10.1 Å². The predicted molar refractivity (Wildman–Crippen MR) is 114 cm³/mol. The molecule has 166 valence electrons. The number of fused-ring (bicyclic) bond motifs is 1. The fourth-order valence-electron chi connectivity index (χ4n) is 4.43. The third-order valence-electron chi connectivity index (χ3n) is 5.98. The summed E-state index contributed by atoms with van der Waals surface area (Å²) in [5, 5.41) is 2.92. The summed E-state index contributed by atoms with van der Waals surface area (Å²) in [5.74, 6) is 0.134. The Balaban J connectivity index is 1.77. The monoisotopic (exact) mass is 437 g/mol. The van der Waals surface area contributed by atoms with Gasteiger partial charge in [0.25, 0.3) is 0 Å². The van der Waals surface area contributed by atoms with E-state index in [-0.39, 0.29) is 36.7 Å². The Bertz CT molecular complexity index is 873. The maximum atomic E-state index is 13.0. The van der Waals surface area contributed by atoms with Crippen molar-refractivity contribution in [3.05, 3.63) is 29.8 Å². The standard InChI is InChI=1S/C21H31N3O5S/c1-29-17-7-5-6-16(14-17)15-20(25)23-11-10-22-21(26)18-8-3-4-9-19(18)24(13-12-23)30(2,27)28/h5-7,14,18-19H,3-4,8-13,15H2,1-2H3,(H,22,26). The van der Waals surface area contributed by atoms with Crippen LogP contribution in [-0.2, 0) is 26.0 Å². The lowest BCUT2D eigenvalue weighted by atomic mass is 9.83. The number of methoxy groups -OCH3 is 1. The lowest BCUT2D eigenvalue weighted by molar-refractivity contribution is -0.133. The van der Waals surface area contributed by atoms with Crippen molar-refractivity contribution in [2.45, 2.75) is 38.1 Å². The topological polar surface area (TPSA) is 96.0 Å². The number of hydrogen-bond donors (Lipinski definition) is 1. The summed E-state index contributed by atoms with van der Waals surface area (Å²) in [7, 11) is -1.93. The highest BCUT2D eigenvalue weighted by molar-refractivity contribution is 7.88. The number of ether oxygens (including phenoxy) is 1. The lowest BCUT2D eigenvalue weighted by Gasteiger charge is -2.39. The first-order valence-corrected chi connectivity index (χ1v) is 12.3. The van der Waals surface area contributed by atoms with Gasteiger partial charge < -0.3 is 15.0 Å². The van der Waals surface area contributed by atoms with Crippen LogP contribution in [0.25, 0.3) is 0 Å².